The van der Waals surface area contributed by atoms with Crippen LogP contribution in [-0.4, -0.2) is 25.3 Å². The molecule has 1 aromatic carbocycles. The van der Waals surface area contributed by atoms with E-state index in [1.165, 1.54) is 7.11 Å². The van der Waals surface area contributed by atoms with Gasteiger partial charge in [-0.05, 0) is 47.6 Å². The molecule has 0 unspecified atom stereocenters. The smallest absolute Gasteiger partial charge is 0.305 e. The predicted octanol–water partition coefficient (Wildman–Crippen LogP) is 5.74. The zero-order valence-electron chi connectivity index (χ0n) is 18.7. The Morgan fingerprint density at radius 3 is 2.04 bits per heavy atom. The summed E-state index contributed by atoms with van der Waals surface area (Å²) in [5.74, 6) is 0.890. The lowest BCUT2D eigenvalue weighted by atomic mass is 9.71. The van der Waals surface area contributed by atoms with Crippen molar-refractivity contribution in [2.24, 2.45) is 5.41 Å². The molecule has 0 radical (unpaired) electrons. The van der Waals surface area contributed by atoms with Crippen molar-refractivity contribution >= 4 is 5.97 Å². The highest BCUT2D eigenvalue weighted by atomic mass is 16.5. The number of hydrogen-bond donors (Lipinski definition) is 1. The number of carbonyl (C=O) groups excluding carboxylic acids is 1. The lowest BCUT2D eigenvalue weighted by molar-refractivity contribution is -0.140. The Morgan fingerprint density at radius 1 is 0.963 bits per heavy atom. The van der Waals surface area contributed by atoms with Crippen LogP contribution in [0, 0.1) is 5.41 Å². The number of phenols is 1. The first kappa shape index (κ1) is 23.3. The van der Waals surface area contributed by atoms with E-state index in [0.717, 1.165) is 29.7 Å². The first-order valence-corrected chi connectivity index (χ1v) is 9.72. The van der Waals surface area contributed by atoms with Gasteiger partial charge in [-0.15, -0.1) is 0 Å². The highest BCUT2D eigenvalue weighted by Crippen LogP contribution is 2.45. The molecule has 154 valence electrons. The summed E-state index contributed by atoms with van der Waals surface area (Å²) in [7, 11) is 3.08. The van der Waals surface area contributed by atoms with E-state index in [1.54, 1.807) is 7.11 Å². The Kier molecular flexibility index (Phi) is 7.37. The average Bonchev–Trinajstić information content (AvgIpc) is 2.51. The van der Waals surface area contributed by atoms with E-state index < -0.39 is 0 Å². The van der Waals surface area contributed by atoms with Crippen LogP contribution < -0.4 is 4.74 Å². The van der Waals surface area contributed by atoms with Crippen LogP contribution in [0.25, 0.3) is 0 Å². The van der Waals surface area contributed by atoms with Crippen molar-refractivity contribution in [3.63, 3.8) is 0 Å². The Hall–Kier alpha value is -1.71. The van der Waals surface area contributed by atoms with Gasteiger partial charge >= 0.3 is 5.97 Å². The third-order valence-electron chi connectivity index (χ3n) is 5.16. The van der Waals surface area contributed by atoms with Gasteiger partial charge in [0.25, 0.3) is 0 Å². The van der Waals surface area contributed by atoms with Gasteiger partial charge in [0.2, 0.25) is 0 Å². The molecule has 0 bridgehead atoms. The quantitative estimate of drug-likeness (QED) is 0.586. The Labute approximate surface area is 165 Å². The lowest BCUT2D eigenvalue weighted by Gasteiger charge is -2.35. The molecule has 0 fully saturated rings. The molecule has 0 saturated carbocycles. The van der Waals surface area contributed by atoms with Crippen LogP contribution in [0.3, 0.4) is 0 Å². The predicted molar refractivity (Wildman–Crippen MR) is 111 cm³/mol. The van der Waals surface area contributed by atoms with E-state index in [-0.39, 0.29) is 28.0 Å². The maximum atomic E-state index is 11.4. The van der Waals surface area contributed by atoms with Crippen molar-refractivity contribution in [3.05, 3.63) is 23.3 Å². The zero-order chi connectivity index (χ0) is 21.0. The summed E-state index contributed by atoms with van der Waals surface area (Å²) in [4.78, 5) is 11.4. The highest BCUT2D eigenvalue weighted by molar-refractivity contribution is 5.69. The van der Waals surface area contributed by atoms with E-state index in [9.17, 15) is 9.90 Å². The minimum atomic E-state index is -0.280. The first-order chi connectivity index (χ1) is 12.2. The van der Waals surface area contributed by atoms with Gasteiger partial charge in [0.05, 0.1) is 14.2 Å². The minimum Gasteiger partial charge on any atom is -0.508 e. The van der Waals surface area contributed by atoms with Crippen LogP contribution in [0.2, 0.25) is 0 Å². The number of ether oxygens (including phenoxy) is 2. The number of carbonyl (C=O) groups is 1. The van der Waals surface area contributed by atoms with Gasteiger partial charge in [0.1, 0.15) is 11.5 Å². The molecular weight excluding hydrogens is 340 g/mol. The molecule has 4 heteroatoms. The zero-order valence-corrected chi connectivity index (χ0v) is 18.7. The maximum Gasteiger partial charge on any atom is 0.305 e. The van der Waals surface area contributed by atoms with Crippen molar-refractivity contribution in [1.82, 2.24) is 0 Å². The number of rotatable bonds is 8. The third-order valence-corrected chi connectivity index (χ3v) is 5.16. The Morgan fingerprint density at radius 2 is 1.56 bits per heavy atom. The van der Waals surface area contributed by atoms with Gasteiger partial charge in [-0.25, -0.2) is 0 Å². The van der Waals surface area contributed by atoms with Crippen LogP contribution in [0.15, 0.2) is 12.1 Å². The molecule has 0 heterocycles. The molecule has 1 N–H and O–H groups in total. The highest BCUT2D eigenvalue weighted by Gasteiger charge is 2.33. The second-order valence-corrected chi connectivity index (χ2v) is 10.0. The van der Waals surface area contributed by atoms with Crippen molar-refractivity contribution < 1.29 is 19.4 Å². The summed E-state index contributed by atoms with van der Waals surface area (Å²) in [5.41, 5.74) is 1.62. The average molecular weight is 379 g/mol. The Balaban J connectivity index is 3.20. The van der Waals surface area contributed by atoms with E-state index in [2.05, 4.69) is 48.5 Å². The lowest BCUT2D eigenvalue weighted by Crippen LogP contribution is -2.26. The molecule has 27 heavy (non-hydrogen) atoms. The molecule has 1 aromatic rings. The van der Waals surface area contributed by atoms with Crippen LogP contribution in [-0.2, 0) is 20.4 Å². The van der Waals surface area contributed by atoms with Crippen LogP contribution in [0.5, 0.6) is 11.5 Å². The number of benzene rings is 1. The number of aromatic hydroxyl groups is 1. The largest absolute Gasteiger partial charge is 0.508 e. The van der Waals surface area contributed by atoms with Gasteiger partial charge in [-0.3, -0.25) is 4.79 Å². The number of phenolic OH excluding ortho intramolecular Hbond substituents is 1. The molecule has 0 atom stereocenters. The summed E-state index contributed by atoms with van der Waals surface area (Å²) in [6.07, 6.45) is 2.83. The van der Waals surface area contributed by atoms with E-state index in [4.69, 9.17) is 9.47 Å². The van der Waals surface area contributed by atoms with Gasteiger partial charge in [-0.1, -0.05) is 48.5 Å². The van der Waals surface area contributed by atoms with Gasteiger partial charge in [-0.2, -0.15) is 0 Å². The van der Waals surface area contributed by atoms with Gasteiger partial charge in [0, 0.05) is 17.5 Å². The fraction of sp³-hybridized carbons (Fsp3) is 0.696. The fourth-order valence-corrected chi connectivity index (χ4v) is 4.14. The van der Waals surface area contributed by atoms with E-state index in [1.807, 2.05) is 12.1 Å². The van der Waals surface area contributed by atoms with Crippen molar-refractivity contribution in [2.75, 3.05) is 14.2 Å². The molecule has 0 spiro atoms. The second kappa shape index (κ2) is 8.53. The third kappa shape index (κ3) is 6.44. The number of hydrogen-bond acceptors (Lipinski definition) is 4. The topological polar surface area (TPSA) is 55.8 Å². The summed E-state index contributed by atoms with van der Waals surface area (Å²) in [5, 5.41) is 10.8. The molecule has 0 amide bonds. The van der Waals surface area contributed by atoms with Gasteiger partial charge < -0.3 is 14.6 Å². The molecule has 0 aliphatic rings. The summed E-state index contributed by atoms with van der Waals surface area (Å²) >= 11 is 0. The molecule has 4 nitrogen and oxygen atoms in total. The summed E-state index contributed by atoms with van der Waals surface area (Å²) < 4.78 is 10.4. The minimum absolute atomic E-state index is 0.130. The number of methoxy groups -OCH3 is 2. The van der Waals surface area contributed by atoms with E-state index in [0.29, 0.717) is 12.8 Å². The first-order valence-electron chi connectivity index (χ1n) is 9.72. The van der Waals surface area contributed by atoms with Crippen molar-refractivity contribution in [2.45, 2.75) is 85.0 Å². The Bertz CT molecular complexity index is 651. The van der Waals surface area contributed by atoms with E-state index >= 15 is 0 Å². The number of esters is 1. The molecule has 0 saturated heterocycles. The maximum absolute atomic E-state index is 11.4. The molecule has 0 aromatic heterocycles. The molecule has 0 aliphatic carbocycles. The van der Waals surface area contributed by atoms with Crippen LogP contribution >= 0.6 is 0 Å². The second-order valence-electron chi connectivity index (χ2n) is 10.0. The molecule has 0 aliphatic heterocycles. The molecule has 1 rings (SSSR count). The van der Waals surface area contributed by atoms with Crippen LogP contribution in [0.4, 0.5) is 0 Å². The van der Waals surface area contributed by atoms with Gasteiger partial charge in [0.15, 0.2) is 0 Å². The standard InChI is InChI=1S/C23H38O4/c1-21(2,3)15-23(6,7)17-13-18(24)16(14-19(17)26-8)22(4,5)12-10-11-20(25)27-9/h13-14,24H,10-12,15H2,1-9H3. The normalized spacial score (nSPS) is 12.8. The summed E-state index contributed by atoms with van der Waals surface area (Å²) in [6.45, 7) is 15.2. The van der Waals surface area contributed by atoms with Crippen molar-refractivity contribution in [1.29, 1.82) is 0 Å². The summed E-state index contributed by atoms with van der Waals surface area (Å²) in [6, 6.07) is 3.83. The fourth-order valence-electron chi connectivity index (χ4n) is 4.14. The monoisotopic (exact) mass is 378 g/mol. The van der Waals surface area contributed by atoms with Crippen molar-refractivity contribution in [3.8, 4) is 11.5 Å². The SMILES string of the molecule is COC(=O)CCCC(C)(C)c1cc(OC)c(C(C)(C)CC(C)(C)C)cc1O. The molecular formula is C23H38O4. The van der Waals surface area contributed by atoms with Crippen LogP contribution in [0.1, 0.15) is 85.3 Å².